The summed E-state index contributed by atoms with van der Waals surface area (Å²) in [6.07, 6.45) is -0.869. The van der Waals surface area contributed by atoms with E-state index in [1.54, 1.807) is 12.1 Å². The van der Waals surface area contributed by atoms with Crippen LogP contribution in [-0.2, 0) is 11.0 Å². The molecule has 2 N–H and O–H groups in total. The fraction of sp³-hybridized carbons (Fsp3) is 0.333. The lowest BCUT2D eigenvalue weighted by molar-refractivity contribution is -0.138. The molecule has 1 fully saturated rings. The molecular weight excluding hydrogens is 528 g/mol. The van der Waals surface area contributed by atoms with Crippen LogP contribution in [0.15, 0.2) is 60.7 Å². The molecule has 0 unspecified atom stereocenters. The number of halogens is 4. The van der Waals surface area contributed by atoms with Crippen LogP contribution < -0.4 is 15.0 Å². The van der Waals surface area contributed by atoms with Crippen LogP contribution in [0, 0.1) is 11.7 Å². The van der Waals surface area contributed by atoms with Crippen molar-refractivity contribution in [2.24, 2.45) is 5.92 Å². The van der Waals surface area contributed by atoms with Gasteiger partial charge in [0.1, 0.15) is 18.2 Å². The summed E-state index contributed by atoms with van der Waals surface area (Å²) in [5.41, 5.74) is 1.64. The number of carboxylic acids is 1. The number of benzene rings is 3. The van der Waals surface area contributed by atoms with Gasteiger partial charge in [-0.2, -0.15) is 13.2 Å². The van der Waals surface area contributed by atoms with Crippen molar-refractivity contribution >= 4 is 23.4 Å². The molecule has 1 aliphatic heterocycles. The number of nitrogens with one attached hydrogen (secondary N) is 1. The normalized spacial score (nSPS) is 18.9. The molecule has 3 aromatic rings. The van der Waals surface area contributed by atoms with E-state index >= 15 is 0 Å². The Labute approximate surface area is 228 Å². The monoisotopic (exact) mass is 556 g/mol. The van der Waals surface area contributed by atoms with Crippen molar-refractivity contribution in [1.29, 1.82) is 0 Å². The van der Waals surface area contributed by atoms with Crippen LogP contribution in [0.25, 0.3) is 11.1 Å². The SMILES string of the molecule is O=C(O)CC1CCC(c2ccc(-c3ccc4c(c3)OCCN4C(=O)Nc3ccc(F)cc3C(F)(F)F)cc2)CC1. The van der Waals surface area contributed by atoms with Crippen molar-refractivity contribution in [3.8, 4) is 16.9 Å². The predicted molar refractivity (Wildman–Crippen MR) is 142 cm³/mol. The zero-order valence-corrected chi connectivity index (χ0v) is 21.5. The van der Waals surface area contributed by atoms with E-state index in [0.717, 1.165) is 48.9 Å². The molecule has 40 heavy (non-hydrogen) atoms. The molecule has 10 heteroatoms. The Bertz CT molecular complexity index is 1400. The number of carboxylic acid groups (broad SMARTS) is 1. The molecule has 0 saturated heterocycles. The molecule has 0 atom stereocenters. The maximum Gasteiger partial charge on any atom is 0.418 e. The quantitative estimate of drug-likeness (QED) is 0.316. The number of amides is 2. The van der Waals surface area contributed by atoms with Crippen LogP contribution in [0.3, 0.4) is 0 Å². The highest BCUT2D eigenvalue weighted by molar-refractivity contribution is 6.03. The van der Waals surface area contributed by atoms with E-state index in [1.165, 1.54) is 10.5 Å². The van der Waals surface area contributed by atoms with Crippen LogP contribution in [0.2, 0.25) is 0 Å². The van der Waals surface area contributed by atoms with Gasteiger partial charge in [-0.1, -0.05) is 30.3 Å². The van der Waals surface area contributed by atoms with Gasteiger partial charge in [0.25, 0.3) is 0 Å². The molecule has 0 spiro atoms. The van der Waals surface area contributed by atoms with Crippen molar-refractivity contribution in [3.05, 3.63) is 77.6 Å². The van der Waals surface area contributed by atoms with E-state index in [-0.39, 0.29) is 25.5 Å². The van der Waals surface area contributed by atoms with Crippen LogP contribution in [0.1, 0.15) is 49.1 Å². The first-order valence-electron chi connectivity index (χ1n) is 13.1. The van der Waals surface area contributed by atoms with Crippen LogP contribution >= 0.6 is 0 Å². The predicted octanol–water partition coefficient (Wildman–Crippen LogP) is 7.69. The number of urea groups is 1. The standard InChI is InChI=1S/C30H28F4N2O4/c31-23-10-11-25(24(17-23)30(32,33)34)35-29(39)36-13-14-40-27-16-22(9-12-26(27)36)21-7-5-20(6-8-21)19-3-1-18(2-4-19)15-28(37)38/h5-12,16-19H,1-4,13-15H2,(H,35,39)(H,37,38). The molecule has 1 heterocycles. The van der Waals surface area contributed by atoms with Gasteiger partial charge in [-0.25, -0.2) is 9.18 Å². The molecule has 1 saturated carbocycles. The van der Waals surface area contributed by atoms with Gasteiger partial charge in [0.15, 0.2) is 0 Å². The highest BCUT2D eigenvalue weighted by Crippen LogP contribution is 2.40. The summed E-state index contributed by atoms with van der Waals surface area (Å²) in [7, 11) is 0. The number of hydrogen-bond donors (Lipinski definition) is 2. The van der Waals surface area contributed by atoms with E-state index in [0.29, 0.717) is 23.4 Å². The molecule has 3 aromatic carbocycles. The average molecular weight is 557 g/mol. The Kier molecular flexibility index (Phi) is 7.69. The lowest BCUT2D eigenvalue weighted by atomic mass is 9.77. The lowest BCUT2D eigenvalue weighted by Crippen LogP contribution is -2.41. The van der Waals surface area contributed by atoms with Crippen molar-refractivity contribution in [3.63, 3.8) is 0 Å². The molecule has 6 nitrogen and oxygen atoms in total. The Morgan fingerprint density at radius 2 is 1.65 bits per heavy atom. The van der Waals surface area contributed by atoms with E-state index in [2.05, 4.69) is 17.4 Å². The van der Waals surface area contributed by atoms with E-state index in [1.807, 2.05) is 18.2 Å². The van der Waals surface area contributed by atoms with Crippen molar-refractivity contribution in [2.75, 3.05) is 23.4 Å². The average Bonchev–Trinajstić information content (AvgIpc) is 2.93. The van der Waals surface area contributed by atoms with Gasteiger partial charge in [-0.3, -0.25) is 9.69 Å². The molecule has 0 bridgehead atoms. The Hall–Kier alpha value is -4.08. The third-order valence-electron chi connectivity index (χ3n) is 7.62. The number of ether oxygens (including phenoxy) is 1. The van der Waals surface area contributed by atoms with Gasteiger partial charge < -0.3 is 15.2 Å². The lowest BCUT2D eigenvalue weighted by Gasteiger charge is -2.30. The first kappa shape index (κ1) is 27.5. The summed E-state index contributed by atoms with van der Waals surface area (Å²) in [6, 6.07) is 14.8. The Morgan fingerprint density at radius 3 is 2.33 bits per heavy atom. The van der Waals surface area contributed by atoms with Gasteiger partial charge in [0.05, 0.1) is 23.5 Å². The van der Waals surface area contributed by atoms with Crippen LogP contribution in [-0.4, -0.2) is 30.3 Å². The fourth-order valence-corrected chi connectivity index (χ4v) is 5.55. The number of fused-ring (bicyclic) bond motifs is 1. The molecule has 2 amide bonds. The second-order valence-corrected chi connectivity index (χ2v) is 10.2. The number of rotatable bonds is 5. The number of carbonyl (C=O) groups excluding carboxylic acids is 1. The topological polar surface area (TPSA) is 78.9 Å². The van der Waals surface area contributed by atoms with Crippen molar-refractivity contribution in [1.82, 2.24) is 0 Å². The second kappa shape index (κ2) is 11.2. The highest BCUT2D eigenvalue weighted by atomic mass is 19.4. The number of alkyl halides is 3. The summed E-state index contributed by atoms with van der Waals surface area (Å²) in [4.78, 5) is 25.3. The number of aliphatic carboxylic acids is 1. The summed E-state index contributed by atoms with van der Waals surface area (Å²) in [5, 5.41) is 11.3. The van der Waals surface area contributed by atoms with Crippen molar-refractivity contribution in [2.45, 2.75) is 44.2 Å². The summed E-state index contributed by atoms with van der Waals surface area (Å²) >= 11 is 0. The Balaban J connectivity index is 1.29. The van der Waals surface area contributed by atoms with E-state index < -0.39 is 35.2 Å². The summed E-state index contributed by atoms with van der Waals surface area (Å²) in [5.74, 6) is -0.723. The maximum absolute atomic E-state index is 13.5. The molecule has 0 radical (unpaired) electrons. The van der Waals surface area contributed by atoms with Crippen LogP contribution in [0.5, 0.6) is 5.75 Å². The molecule has 1 aliphatic carbocycles. The third-order valence-corrected chi connectivity index (χ3v) is 7.62. The summed E-state index contributed by atoms with van der Waals surface area (Å²) in [6.45, 7) is 0.285. The zero-order valence-electron chi connectivity index (χ0n) is 21.5. The first-order valence-corrected chi connectivity index (χ1v) is 13.1. The van der Waals surface area contributed by atoms with Gasteiger partial charge in [-0.15, -0.1) is 0 Å². The van der Waals surface area contributed by atoms with Crippen LogP contribution in [0.4, 0.5) is 33.7 Å². The minimum absolute atomic E-state index is 0.129. The van der Waals surface area contributed by atoms with E-state index in [9.17, 15) is 27.2 Å². The van der Waals surface area contributed by atoms with Gasteiger partial charge >= 0.3 is 18.2 Å². The van der Waals surface area contributed by atoms with Gasteiger partial charge in [-0.05, 0) is 84.5 Å². The fourth-order valence-electron chi connectivity index (χ4n) is 5.55. The van der Waals surface area contributed by atoms with Crippen molar-refractivity contribution < 1.29 is 37.0 Å². The minimum atomic E-state index is -4.84. The Morgan fingerprint density at radius 1 is 0.950 bits per heavy atom. The first-order chi connectivity index (χ1) is 19.1. The molecule has 210 valence electrons. The zero-order chi connectivity index (χ0) is 28.4. The molecule has 5 rings (SSSR count). The van der Waals surface area contributed by atoms with Gasteiger partial charge in [0.2, 0.25) is 0 Å². The minimum Gasteiger partial charge on any atom is -0.490 e. The highest BCUT2D eigenvalue weighted by Gasteiger charge is 2.35. The smallest absolute Gasteiger partial charge is 0.418 e. The molecular formula is C30H28F4N2O4. The largest absolute Gasteiger partial charge is 0.490 e. The number of carbonyl (C=O) groups is 2. The summed E-state index contributed by atoms with van der Waals surface area (Å²) < 4.78 is 59.4. The number of hydrogen-bond acceptors (Lipinski definition) is 3. The second-order valence-electron chi connectivity index (χ2n) is 10.2. The molecule has 0 aromatic heterocycles. The number of nitrogens with zero attached hydrogens (tertiary/aromatic N) is 1. The molecule has 2 aliphatic rings. The number of anilines is 2. The maximum atomic E-state index is 13.5. The third kappa shape index (κ3) is 6.05. The van der Waals surface area contributed by atoms with E-state index in [4.69, 9.17) is 9.84 Å². The van der Waals surface area contributed by atoms with Gasteiger partial charge in [0, 0.05) is 6.42 Å².